The fraction of sp³-hybridized carbons (Fsp3) is 0.956. The van der Waals surface area contributed by atoms with Crippen molar-refractivity contribution in [1.29, 1.82) is 0 Å². The van der Waals surface area contributed by atoms with Crippen molar-refractivity contribution in [2.75, 3.05) is 13.1 Å². The summed E-state index contributed by atoms with van der Waals surface area (Å²) in [6.45, 7) is 9.49. The van der Waals surface area contributed by atoms with Crippen molar-refractivity contribution >= 4 is 0 Å². The van der Waals surface area contributed by atoms with Gasteiger partial charge in [-0.25, -0.2) is 0 Å². The molecule has 0 bridgehead atoms. The van der Waals surface area contributed by atoms with Crippen molar-refractivity contribution in [2.45, 2.75) is 265 Å². The maximum Gasteiger partial charge on any atom is 0.101 e. The first-order chi connectivity index (χ1) is 23.3. The number of rotatable bonds is 39. The average Bonchev–Trinajstić information content (AvgIpc) is 3.47. The largest absolute Gasteiger partial charge is 0.356 e. The van der Waals surface area contributed by atoms with Crippen molar-refractivity contribution in [3.8, 4) is 0 Å². The van der Waals surface area contributed by atoms with Gasteiger partial charge in [0.15, 0.2) is 0 Å². The molecule has 1 unspecified atom stereocenters. The zero-order valence-electron chi connectivity index (χ0n) is 33.2. The van der Waals surface area contributed by atoms with Gasteiger partial charge in [0, 0.05) is 25.5 Å². The molecule has 0 saturated heterocycles. The molecule has 0 fully saturated rings. The van der Waals surface area contributed by atoms with Crippen LogP contribution >= 0.6 is 0 Å². The maximum absolute atomic E-state index is 2.72. The topological polar surface area (TPSA) is 6.48 Å². The Labute approximate surface area is 299 Å². The van der Waals surface area contributed by atoms with Gasteiger partial charge in [-0.2, -0.15) is 0 Å². The molecule has 0 aromatic heterocycles. The first-order valence-corrected chi connectivity index (χ1v) is 22.5. The number of hydrogen-bond acceptors (Lipinski definition) is 2. The van der Waals surface area contributed by atoms with Gasteiger partial charge in [0.25, 0.3) is 0 Å². The van der Waals surface area contributed by atoms with Crippen LogP contribution in [0.15, 0.2) is 12.4 Å². The van der Waals surface area contributed by atoms with Crippen molar-refractivity contribution < 1.29 is 0 Å². The Morgan fingerprint density at radius 2 is 0.489 bits per heavy atom. The molecule has 0 aromatic rings. The minimum absolute atomic E-state index is 0.639. The molecule has 2 nitrogen and oxygen atoms in total. The molecule has 1 aliphatic heterocycles. The minimum Gasteiger partial charge on any atom is -0.356 e. The summed E-state index contributed by atoms with van der Waals surface area (Å²) < 4.78 is 0. The minimum atomic E-state index is 0.639. The SMILES string of the molecule is CCCCCCCCCCCCCCCCCCN1C=CN(CCCCCCCCCCCCCCCCC)C1CCCCCCC. The van der Waals surface area contributed by atoms with E-state index in [0.717, 1.165) is 0 Å². The highest BCUT2D eigenvalue weighted by Gasteiger charge is 2.24. The lowest BCUT2D eigenvalue weighted by Crippen LogP contribution is -2.39. The highest BCUT2D eigenvalue weighted by molar-refractivity contribution is 4.97. The van der Waals surface area contributed by atoms with E-state index in [1.165, 1.54) is 251 Å². The van der Waals surface area contributed by atoms with Gasteiger partial charge in [0.05, 0.1) is 0 Å². The van der Waals surface area contributed by atoms with Crippen molar-refractivity contribution in [3.63, 3.8) is 0 Å². The van der Waals surface area contributed by atoms with Crippen molar-refractivity contribution in [2.24, 2.45) is 0 Å². The molecular formula is C45H90N2. The van der Waals surface area contributed by atoms with Gasteiger partial charge >= 0.3 is 0 Å². The molecule has 1 rings (SSSR count). The second-order valence-corrected chi connectivity index (χ2v) is 15.7. The van der Waals surface area contributed by atoms with E-state index in [-0.39, 0.29) is 0 Å². The lowest BCUT2D eigenvalue weighted by molar-refractivity contribution is 0.135. The van der Waals surface area contributed by atoms with Gasteiger partial charge in [-0.3, -0.25) is 0 Å². The lowest BCUT2D eigenvalue weighted by Gasteiger charge is -2.33. The van der Waals surface area contributed by atoms with Crippen LogP contribution in [0.1, 0.15) is 258 Å². The Morgan fingerprint density at radius 3 is 0.745 bits per heavy atom. The predicted octanol–water partition coefficient (Wildman–Crippen LogP) is 15.9. The smallest absolute Gasteiger partial charge is 0.101 e. The van der Waals surface area contributed by atoms with E-state index in [0.29, 0.717) is 6.17 Å². The van der Waals surface area contributed by atoms with Crippen LogP contribution < -0.4 is 0 Å². The number of unbranched alkanes of at least 4 members (excludes halogenated alkanes) is 33. The first kappa shape index (κ1) is 44.4. The van der Waals surface area contributed by atoms with Crippen LogP contribution in [-0.4, -0.2) is 29.1 Å². The van der Waals surface area contributed by atoms with E-state index in [9.17, 15) is 0 Å². The molecule has 0 radical (unpaired) electrons. The summed E-state index contributed by atoms with van der Waals surface area (Å²) in [5.41, 5.74) is 0. The molecule has 1 heterocycles. The van der Waals surface area contributed by atoms with Crippen molar-refractivity contribution in [1.82, 2.24) is 9.80 Å². The van der Waals surface area contributed by atoms with Crippen LogP contribution in [0.5, 0.6) is 0 Å². The molecule has 0 aromatic carbocycles. The van der Waals surface area contributed by atoms with Gasteiger partial charge in [0.2, 0.25) is 0 Å². The Balaban J connectivity index is 2.07. The second kappa shape index (κ2) is 36.6. The summed E-state index contributed by atoms with van der Waals surface area (Å²) in [5, 5.41) is 0. The highest BCUT2D eigenvalue weighted by Crippen LogP contribution is 2.24. The van der Waals surface area contributed by atoms with Crippen LogP contribution in [-0.2, 0) is 0 Å². The molecule has 280 valence electrons. The highest BCUT2D eigenvalue weighted by atomic mass is 15.4. The summed E-state index contributed by atoms with van der Waals surface area (Å²) in [4.78, 5) is 5.43. The predicted molar refractivity (Wildman–Crippen MR) is 214 cm³/mol. The van der Waals surface area contributed by atoms with E-state index in [2.05, 4.69) is 43.0 Å². The first-order valence-electron chi connectivity index (χ1n) is 22.5. The van der Waals surface area contributed by atoms with E-state index in [1.807, 2.05) is 0 Å². The second-order valence-electron chi connectivity index (χ2n) is 15.7. The maximum atomic E-state index is 2.72. The van der Waals surface area contributed by atoms with Crippen LogP contribution in [0.3, 0.4) is 0 Å². The molecule has 47 heavy (non-hydrogen) atoms. The molecule has 0 saturated carbocycles. The average molecular weight is 659 g/mol. The molecule has 2 heteroatoms. The fourth-order valence-electron chi connectivity index (χ4n) is 7.78. The van der Waals surface area contributed by atoms with Crippen LogP contribution in [0.25, 0.3) is 0 Å². The Kier molecular flexibility index (Phi) is 34.6. The van der Waals surface area contributed by atoms with Gasteiger partial charge in [-0.05, 0) is 25.7 Å². The standard InChI is InChI=1S/C45H90N2/c1-4-7-10-13-15-17-19-21-23-25-27-29-31-33-36-39-42-47-44-43-46(45(47)40-37-34-12-9-6-3)41-38-35-32-30-28-26-24-22-20-18-16-14-11-8-5-2/h43-45H,4-42H2,1-3H3. The van der Waals surface area contributed by atoms with E-state index in [4.69, 9.17) is 0 Å². The van der Waals surface area contributed by atoms with Crippen molar-refractivity contribution in [3.05, 3.63) is 12.4 Å². The molecule has 1 aliphatic rings. The Hall–Kier alpha value is -0.660. The molecule has 0 aliphatic carbocycles. The van der Waals surface area contributed by atoms with E-state index in [1.54, 1.807) is 0 Å². The summed E-state index contributed by atoms with van der Waals surface area (Å²) in [5.74, 6) is 0. The monoisotopic (exact) mass is 659 g/mol. The fourth-order valence-corrected chi connectivity index (χ4v) is 7.78. The zero-order valence-corrected chi connectivity index (χ0v) is 33.2. The Morgan fingerprint density at radius 1 is 0.277 bits per heavy atom. The molecule has 0 spiro atoms. The van der Waals surface area contributed by atoms with Gasteiger partial charge < -0.3 is 9.80 Å². The van der Waals surface area contributed by atoms with Crippen LogP contribution in [0, 0.1) is 0 Å². The van der Waals surface area contributed by atoms with Crippen LogP contribution in [0.4, 0.5) is 0 Å². The molecule has 0 amide bonds. The number of hydrogen-bond donors (Lipinski definition) is 0. The zero-order chi connectivity index (χ0) is 33.7. The third kappa shape index (κ3) is 28.8. The summed E-state index contributed by atoms with van der Waals surface area (Å²) >= 11 is 0. The lowest BCUT2D eigenvalue weighted by atomic mass is 10.0. The normalized spacial score (nSPS) is 14.7. The third-order valence-electron chi connectivity index (χ3n) is 11.1. The molecule has 1 atom stereocenters. The molecule has 0 N–H and O–H groups in total. The molecular weight excluding hydrogens is 569 g/mol. The van der Waals surface area contributed by atoms with E-state index >= 15 is 0 Å². The summed E-state index contributed by atoms with van der Waals surface area (Å²) in [6, 6.07) is 0. The van der Waals surface area contributed by atoms with E-state index < -0.39 is 0 Å². The summed E-state index contributed by atoms with van der Waals surface area (Å²) in [6.07, 6.45) is 58.9. The van der Waals surface area contributed by atoms with Gasteiger partial charge in [-0.1, -0.05) is 233 Å². The Bertz CT molecular complexity index is 615. The third-order valence-corrected chi connectivity index (χ3v) is 11.1. The van der Waals surface area contributed by atoms with Gasteiger partial charge in [-0.15, -0.1) is 0 Å². The quantitative estimate of drug-likeness (QED) is 0.0606. The summed E-state index contributed by atoms with van der Waals surface area (Å²) in [7, 11) is 0. The number of nitrogens with zero attached hydrogens (tertiary/aromatic N) is 2. The van der Waals surface area contributed by atoms with Gasteiger partial charge in [0.1, 0.15) is 6.17 Å². The van der Waals surface area contributed by atoms with Crippen LogP contribution in [0.2, 0.25) is 0 Å².